The fraction of sp³-hybridized carbons (Fsp3) is 0.800. The molecule has 7 nitrogen and oxygen atoms in total. The predicted octanol–water partition coefficient (Wildman–Crippen LogP) is 2.35. The zero-order valence-corrected chi connectivity index (χ0v) is 17.0. The quantitative estimate of drug-likeness (QED) is 0.517. The van der Waals surface area contributed by atoms with E-state index in [1.807, 2.05) is 0 Å². The molecule has 0 aliphatic heterocycles. The molecule has 0 aromatic carbocycles. The summed E-state index contributed by atoms with van der Waals surface area (Å²) in [6, 6.07) is -0.815. The Bertz CT molecular complexity index is 444. The number of carbonyl (C=O) groups is 3. The van der Waals surface area contributed by atoms with Crippen LogP contribution in [0.1, 0.15) is 41.5 Å². The number of alkyl carbamates (subject to hydrolysis) is 1. The summed E-state index contributed by atoms with van der Waals surface area (Å²) in [5.74, 6) is -0.682. The van der Waals surface area contributed by atoms with Crippen molar-refractivity contribution in [3.05, 3.63) is 0 Å². The van der Waals surface area contributed by atoms with Crippen LogP contribution in [-0.4, -0.2) is 53.8 Å². The monoisotopic (exact) mass is 380 g/mol. The molecule has 0 radical (unpaired) electrons. The van der Waals surface area contributed by atoms with Crippen LogP contribution in [0.5, 0.6) is 0 Å². The van der Waals surface area contributed by atoms with E-state index in [1.54, 1.807) is 31.6 Å². The van der Waals surface area contributed by atoms with E-state index in [-0.39, 0.29) is 11.3 Å². The van der Waals surface area contributed by atoms with Gasteiger partial charge in [0.15, 0.2) is 0 Å². The first-order valence-corrected chi connectivity index (χ1v) is 9.80. The van der Waals surface area contributed by atoms with Crippen molar-refractivity contribution in [1.82, 2.24) is 10.6 Å². The maximum absolute atomic E-state index is 12.2. The normalized spacial score (nSPS) is 13.0. The van der Waals surface area contributed by atoms with Crippen LogP contribution in [0.3, 0.4) is 0 Å². The lowest BCUT2D eigenvalue weighted by molar-refractivity contribution is -0.141. The van der Waals surface area contributed by atoms with Gasteiger partial charge in [-0.2, -0.15) is 0 Å². The summed E-state index contributed by atoms with van der Waals surface area (Å²) >= 11 is 0. The summed E-state index contributed by atoms with van der Waals surface area (Å²) in [7, 11) is 4.30. The van der Waals surface area contributed by atoms with Crippen LogP contribution in [0, 0.1) is 0 Å². The highest BCUT2D eigenvalue weighted by Gasteiger charge is 2.25. The van der Waals surface area contributed by atoms with Crippen molar-refractivity contribution in [3.63, 3.8) is 0 Å². The molecule has 0 aromatic heterocycles. The third kappa shape index (κ3) is 12.3. The SMILES string of the molecule is COC(=O)CNC(=O)[C@H](CSSC(C)(C)C)NC(=O)OC(C)(C)C. The number of methoxy groups -OCH3 is 1. The summed E-state index contributed by atoms with van der Waals surface area (Å²) < 4.78 is 9.67. The maximum Gasteiger partial charge on any atom is 0.408 e. The van der Waals surface area contributed by atoms with Gasteiger partial charge in [0.1, 0.15) is 18.2 Å². The molecule has 0 rings (SSSR count). The maximum atomic E-state index is 12.2. The van der Waals surface area contributed by atoms with Gasteiger partial charge in [0.05, 0.1) is 7.11 Å². The molecule has 0 aliphatic carbocycles. The Hall–Kier alpha value is -1.09. The highest BCUT2D eigenvalue weighted by Crippen LogP contribution is 2.35. The van der Waals surface area contributed by atoms with Gasteiger partial charge in [-0.25, -0.2) is 4.79 Å². The number of nitrogens with one attached hydrogen (secondary N) is 2. The molecule has 0 heterocycles. The van der Waals surface area contributed by atoms with Crippen molar-refractivity contribution in [2.75, 3.05) is 19.4 Å². The molecular formula is C15H28N2O5S2. The van der Waals surface area contributed by atoms with E-state index in [4.69, 9.17) is 4.74 Å². The van der Waals surface area contributed by atoms with Crippen LogP contribution in [-0.2, 0) is 19.1 Å². The minimum absolute atomic E-state index is 0.0175. The molecule has 0 aromatic rings. The van der Waals surface area contributed by atoms with Gasteiger partial charge >= 0.3 is 12.1 Å². The van der Waals surface area contributed by atoms with Gasteiger partial charge in [0.2, 0.25) is 5.91 Å². The first-order chi connectivity index (χ1) is 10.8. The summed E-state index contributed by atoms with van der Waals surface area (Å²) in [5, 5.41) is 4.98. The molecule has 1 atom stereocenters. The summed E-state index contributed by atoms with van der Waals surface area (Å²) in [5.41, 5.74) is -0.662. The lowest BCUT2D eigenvalue weighted by atomic mass is 10.2. The summed E-state index contributed by atoms with van der Waals surface area (Å²) in [6.07, 6.45) is -0.679. The zero-order valence-electron chi connectivity index (χ0n) is 15.3. The Morgan fingerprint density at radius 2 is 1.67 bits per heavy atom. The number of hydrogen-bond acceptors (Lipinski definition) is 7. The molecule has 0 unspecified atom stereocenters. The number of esters is 1. The molecule has 2 N–H and O–H groups in total. The van der Waals surface area contributed by atoms with E-state index in [1.165, 1.54) is 17.9 Å². The van der Waals surface area contributed by atoms with E-state index >= 15 is 0 Å². The Kier molecular flexibility index (Phi) is 9.57. The lowest BCUT2D eigenvalue weighted by Crippen LogP contribution is -2.50. The van der Waals surface area contributed by atoms with Crippen LogP contribution in [0.25, 0.3) is 0 Å². The second-order valence-electron chi connectivity index (χ2n) is 6.97. The predicted molar refractivity (Wildman–Crippen MR) is 98.0 cm³/mol. The third-order valence-electron chi connectivity index (χ3n) is 2.19. The van der Waals surface area contributed by atoms with Crippen molar-refractivity contribution < 1.29 is 23.9 Å². The average molecular weight is 381 g/mol. The van der Waals surface area contributed by atoms with E-state index < -0.39 is 29.6 Å². The number of rotatable bonds is 7. The largest absolute Gasteiger partial charge is 0.468 e. The lowest BCUT2D eigenvalue weighted by Gasteiger charge is -2.24. The van der Waals surface area contributed by atoms with Gasteiger partial charge in [0.25, 0.3) is 0 Å². The first kappa shape index (κ1) is 22.9. The van der Waals surface area contributed by atoms with E-state index in [2.05, 4.69) is 36.1 Å². The second kappa shape index (κ2) is 10.0. The zero-order chi connectivity index (χ0) is 19.0. The molecule has 9 heteroatoms. The second-order valence-corrected chi connectivity index (χ2v) is 10.1. The van der Waals surface area contributed by atoms with Crippen LogP contribution >= 0.6 is 21.6 Å². The van der Waals surface area contributed by atoms with Crippen LogP contribution in [0.4, 0.5) is 4.79 Å². The standard InChI is InChI=1S/C15H28N2O5S2/c1-14(2,3)22-13(20)17-10(9-23-24-15(4,5)6)12(19)16-8-11(18)21-7/h10H,8-9H2,1-7H3,(H,16,19)(H,17,20)/t10-/m0/s1. The van der Waals surface area contributed by atoms with Crippen molar-refractivity contribution in [3.8, 4) is 0 Å². The molecule has 0 saturated carbocycles. The van der Waals surface area contributed by atoms with Crippen LogP contribution in [0.15, 0.2) is 0 Å². The van der Waals surface area contributed by atoms with Gasteiger partial charge in [-0.1, -0.05) is 42.4 Å². The molecule has 0 saturated heterocycles. The minimum Gasteiger partial charge on any atom is -0.468 e. The number of amides is 2. The molecule has 0 aliphatic rings. The smallest absolute Gasteiger partial charge is 0.408 e. The Morgan fingerprint density at radius 3 is 2.12 bits per heavy atom. The van der Waals surface area contributed by atoms with Crippen molar-refractivity contribution in [2.45, 2.75) is 57.9 Å². The van der Waals surface area contributed by atoms with E-state index in [0.717, 1.165) is 0 Å². The molecule has 0 bridgehead atoms. The molecular weight excluding hydrogens is 352 g/mol. The first-order valence-electron chi connectivity index (χ1n) is 7.49. The average Bonchev–Trinajstić information content (AvgIpc) is 2.39. The molecule has 2 amide bonds. The fourth-order valence-corrected chi connectivity index (χ4v) is 3.73. The van der Waals surface area contributed by atoms with Gasteiger partial charge in [0, 0.05) is 10.5 Å². The Labute approximate surface area is 151 Å². The summed E-state index contributed by atoms with van der Waals surface area (Å²) in [6.45, 7) is 11.1. The van der Waals surface area contributed by atoms with Gasteiger partial charge in [-0.15, -0.1) is 0 Å². The van der Waals surface area contributed by atoms with Gasteiger partial charge in [-0.05, 0) is 20.8 Å². The van der Waals surface area contributed by atoms with Gasteiger partial charge < -0.3 is 20.1 Å². The molecule has 0 spiro atoms. The number of hydrogen-bond donors (Lipinski definition) is 2. The highest BCUT2D eigenvalue weighted by atomic mass is 33.1. The number of carbonyl (C=O) groups excluding carboxylic acids is 3. The van der Waals surface area contributed by atoms with Crippen molar-refractivity contribution in [1.29, 1.82) is 0 Å². The fourth-order valence-electron chi connectivity index (χ4n) is 1.27. The van der Waals surface area contributed by atoms with E-state index in [0.29, 0.717) is 5.75 Å². The molecule has 24 heavy (non-hydrogen) atoms. The van der Waals surface area contributed by atoms with Crippen LogP contribution in [0.2, 0.25) is 0 Å². The summed E-state index contributed by atoms with van der Waals surface area (Å²) in [4.78, 5) is 35.3. The van der Waals surface area contributed by atoms with Crippen molar-refractivity contribution in [2.24, 2.45) is 0 Å². The topological polar surface area (TPSA) is 93.7 Å². The molecule has 0 fully saturated rings. The van der Waals surface area contributed by atoms with Crippen LogP contribution < -0.4 is 10.6 Å². The Balaban J connectivity index is 4.72. The van der Waals surface area contributed by atoms with E-state index in [9.17, 15) is 14.4 Å². The highest BCUT2D eigenvalue weighted by molar-refractivity contribution is 8.77. The van der Waals surface area contributed by atoms with Crippen molar-refractivity contribution >= 4 is 39.6 Å². The minimum atomic E-state index is -0.815. The third-order valence-corrected chi connectivity index (χ3v) is 5.53. The number of ether oxygens (including phenoxy) is 2. The Morgan fingerprint density at radius 1 is 1.08 bits per heavy atom. The molecule has 140 valence electrons. The van der Waals surface area contributed by atoms with Gasteiger partial charge in [-0.3, -0.25) is 9.59 Å².